The summed E-state index contributed by atoms with van der Waals surface area (Å²) in [5, 5.41) is 6.06. The fraction of sp³-hybridized carbons (Fsp3) is 0.105. The summed E-state index contributed by atoms with van der Waals surface area (Å²) in [6.45, 7) is 2.70. The Morgan fingerprint density at radius 3 is 2.64 bits per heavy atom. The summed E-state index contributed by atoms with van der Waals surface area (Å²) >= 11 is 3.41. The van der Waals surface area contributed by atoms with Crippen LogP contribution in [-0.2, 0) is 6.54 Å². The molecule has 0 spiro atoms. The second-order valence-electron chi connectivity index (χ2n) is 5.50. The lowest BCUT2D eigenvalue weighted by Crippen LogP contribution is -2.15. The first-order valence-corrected chi connectivity index (χ1v) is 8.59. The zero-order chi connectivity index (χ0) is 17.6. The molecule has 0 radical (unpaired) electrons. The van der Waals surface area contributed by atoms with Crippen LogP contribution >= 0.6 is 15.9 Å². The highest BCUT2D eigenvalue weighted by Gasteiger charge is 2.10. The van der Waals surface area contributed by atoms with Crippen LogP contribution in [0.1, 0.15) is 21.6 Å². The first-order valence-electron chi connectivity index (χ1n) is 7.80. The molecule has 3 aromatic rings. The van der Waals surface area contributed by atoms with E-state index in [0.717, 1.165) is 4.47 Å². The molecular formula is C19H17BrN4O. The van der Waals surface area contributed by atoms with E-state index in [4.69, 9.17) is 0 Å². The van der Waals surface area contributed by atoms with Crippen molar-refractivity contribution in [2.45, 2.75) is 13.5 Å². The van der Waals surface area contributed by atoms with Crippen molar-refractivity contribution in [3.05, 3.63) is 82.2 Å². The minimum absolute atomic E-state index is 0.284. The maximum absolute atomic E-state index is 12.4. The minimum Gasteiger partial charge on any atom is -0.366 e. The highest BCUT2D eigenvalue weighted by Crippen LogP contribution is 2.21. The van der Waals surface area contributed by atoms with E-state index < -0.39 is 0 Å². The van der Waals surface area contributed by atoms with E-state index in [1.807, 2.05) is 36.4 Å². The zero-order valence-electron chi connectivity index (χ0n) is 13.7. The van der Waals surface area contributed by atoms with Gasteiger partial charge in [-0.1, -0.05) is 36.4 Å². The van der Waals surface area contributed by atoms with Crippen molar-refractivity contribution in [2.75, 3.05) is 10.6 Å². The molecule has 0 saturated heterocycles. The van der Waals surface area contributed by atoms with E-state index in [-0.39, 0.29) is 5.91 Å². The van der Waals surface area contributed by atoms with Crippen LogP contribution in [0, 0.1) is 6.92 Å². The Morgan fingerprint density at radius 2 is 1.84 bits per heavy atom. The Balaban J connectivity index is 1.70. The van der Waals surface area contributed by atoms with Crippen LogP contribution in [0.2, 0.25) is 0 Å². The van der Waals surface area contributed by atoms with Gasteiger partial charge in [-0.25, -0.2) is 9.97 Å². The summed E-state index contributed by atoms with van der Waals surface area (Å²) in [5.41, 5.74) is 3.38. The molecule has 0 aliphatic carbocycles. The monoisotopic (exact) mass is 396 g/mol. The standard InChI is InChI=1S/C19H17BrN4O/c1-13-6-2-3-7-14(13)11-21-18-10-17(22-12-23-18)19(25)24-16-9-5-4-8-15(16)20/h2-10,12H,11H2,1H3,(H,24,25)(H,21,22,23). The maximum atomic E-state index is 12.4. The number of halogens is 1. The van der Waals surface area contributed by atoms with Crippen LogP contribution in [0.3, 0.4) is 0 Å². The molecule has 0 aliphatic rings. The van der Waals surface area contributed by atoms with Crippen LogP contribution in [0.25, 0.3) is 0 Å². The van der Waals surface area contributed by atoms with E-state index in [1.54, 1.807) is 6.07 Å². The second-order valence-corrected chi connectivity index (χ2v) is 6.36. The van der Waals surface area contributed by atoms with Crippen LogP contribution in [-0.4, -0.2) is 15.9 Å². The molecule has 126 valence electrons. The summed E-state index contributed by atoms with van der Waals surface area (Å²) in [4.78, 5) is 20.6. The van der Waals surface area contributed by atoms with Crippen LogP contribution in [0.5, 0.6) is 0 Å². The average Bonchev–Trinajstić information content (AvgIpc) is 2.63. The Hall–Kier alpha value is -2.73. The van der Waals surface area contributed by atoms with Gasteiger partial charge in [0.1, 0.15) is 17.8 Å². The normalized spacial score (nSPS) is 10.3. The molecule has 6 heteroatoms. The highest BCUT2D eigenvalue weighted by molar-refractivity contribution is 9.10. The summed E-state index contributed by atoms with van der Waals surface area (Å²) in [7, 11) is 0. The zero-order valence-corrected chi connectivity index (χ0v) is 15.2. The molecule has 0 aliphatic heterocycles. The number of amides is 1. The molecule has 5 nitrogen and oxygen atoms in total. The van der Waals surface area contributed by atoms with Gasteiger partial charge in [-0.3, -0.25) is 4.79 Å². The molecule has 2 aromatic carbocycles. The number of aryl methyl sites for hydroxylation is 1. The molecule has 0 fully saturated rings. The Labute approximate surface area is 154 Å². The van der Waals surface area contributed by atoms with E-state index >= 15 is 0 Å². The number of hydrogen-bond donors (Lipinski definition) is 2. The third-order valence-corrected chi connectivity index (χ3v) is 4.43. The quantitative estimate of drug-likeness (QED) is 0.669. The molecule has 2 N–H and O–H groups in total. The number of rotatable bonds is 5. The molecule has 0 unspecified atom stereocenters. The molecule has 0 bridgehead atoms. The largest absolute Gasteiger partial charge is 0.366 e. The first kappa shape index (κ1) is 17.1. The molecule has 1 amide bonds. The number of aromatic nitrogens is 2. The van der Waals surface area contributed by atoms with E-state index in [1.165, 1.54) is 17.5 Å². The number of para-hydroxylation sites is 1. The third kappa shape index (κ3) is 4.42. The average molecular weight is 397 g/mol. The van der Waals surface area contributed by atoms with Crippen molar-refractivity contribution >= 4 is 33.3 Å². The Bertz CT molecular complexity index is 898. The van der Waals surface area contributed by atoms with E-state index in [0.29, 0.717) is 23.7 Å². The molecule has 25 heavy (non-hydrogen) atoms. The summed E-state index contributed by atoms with van der Waals surface area (Å²) in [5.74, 6) is 0.323. The van der Waals surface area contributed by atoms with Crippen molar-refractivity contribution in [1.29, 1.82) is 0 Å². The smallest absolute Gasteiger partial charge is 0.274 e. The third-order valence-electron chi connectivity index (χ3n) is 3.74. The highest BCUT2D eigenvalue weighted by atomic mass is 79.9. The molecule has 0 saturated carbocycles. The van der Waals surface area contributed by atoms with Gasteiger partial charge in [-0.15, -0.1) is 0 Å². The van der Waals surface area contributed by atoms with Gasteiger partial charge in [0.25, 0.3) is 5.91 Å². The number of hydrogen-bond acceptors (Lipinski definition) is 4. The van der Waals surface area contributed by atoms with Crippen molar-refractivity contribution in [3.8, 4) is 0 Å². The fourth-order valence-corrected chi connectivity index (χ4v) is 2.71. The van der Waals surface area contributed by atoms with Gasteiger partial charge in [0.15, 0.2) is 0 Å². The number of benzene rings is 2. The number of carbonyl (C=O) groups is 1. The van der Waals surface area contributed by atoms with Crippen molar-refractivity contribution in [1.82, 2.24) is 9.97 Å². The number of anilines is 2. The predicted octanol–water partition coefficient (Wildman–Crippen LogP) is 4.41. The Morgan fingerprint density at radius 1 is 1.08 bits per heavy atom. The van der Waals surface area contributed by atoms with Crippen LogP contribution in [0.4, 0.5) is 11.5 Å². The van der Waals surface area contributed by atoms with E-state index in [9.17, 15) is 4.79 Å². The first-order chi connectivity index (χ1) is 12.1. The molecule has 1 aromatic heterocycles. The molecule has 3 rings (SSSR count). The number of nitrogens with one attached hydrogen (secondary N) is 2. The summed E-state index contributed by atoms with van der Waals surface area (Å²) < 4.78 is 0.815. The summed E-state index contributed by atoms with van der Waals surface area (Å²) in [6, 6.07) is 17.2. The second kappa shape index (κ2) is 7.90. The van der Waals surface area contributed by atoms with Gasteiger partial charge >= 0.3 is 0 Å². The fourth-order valence-electron chi connectivity index (χ4n) is 2.32. The number of nitrogens with zero attached hydrogens (tertiary/aromatic N) is 2. The van der Waals surface area contributed by atoms with Crippen molar-refractivity contribution in [2.24, 2.45) is 0 Å². The lowest BCUT2D eigenvalue weighted by Gasteiger charge is -2.10. The molecule has 0 atom stereocenters. The van der Waals surface area contributed by atoms with Gasteiger partial charge in [-0.05, 0) is 46.1 Å². The van der Waals surface area contributed by atoms with Crippen LogP contribution < -0.4 is 10.6 Å². The lowest BCUT2D eigenvalue weighted by molar-refractivity contribution is 0.102. The van der Waals surface area contributed by atoms with Crippen molar-refractivity contribution < 1.29 is 4.79 Å². The van der Waals surface area contributed by atoms with Gasteiger partial charge < -0.3 is 10.6 Å². The SMILES string of the molecule is Cc1ccccc1CNc1cc(C(=O)Nc2ccccc2Br)ncn1. The van der Waals surface area contributed by atoms with Crippen LogP contribution in [0.15, 0.2) is 65.4 Å². The molecular weight excluding hydrogens is 380 g/mol. The maximum Gasteiger partial charge on any atom is 0.274 e. The van der Waals surface area contributed by atoms with Gasteiger partial charge in [0.05, 0.1) is 5.69 Å². The summed E-state index contributed by atoms with van der Waals surface area (Å²) in [6.07, 6.45) is 1.38. The minimum atomic E-state index is -0.284. The van der Waals surface area contributed by atoms with Crippen molar-refractivity contribution in [3.63, 3.8) is 0 Å². The Kier molecular flexibility index (Phi) is 5.40. The van der Waals surface area contributed by atoms with Gasteiger partial charge in [0, 0.05) is 17.1 Å². The lowest BCUT2D eigenvalue weighted by atomic mass is 10.1. The number of carbonyl (C=O) groups excluding carboxylic acids is 1. The van der Waals surface area contributed by atoms with E-state index in [2.05, 4.69) is 55.6 Å². The molecule has 1 heterocycles. The van der Waals surface area contributed by atoms with Gasteiger partial charge in [-0.2, -0.15) is 0 Å². The van der Waals surface area contributed by atoms with Gasteiger partial charge in [0.2, 0.25) is 0 Å². The predicted molar refractivity (Wildman–Crippen MR) is 103 cm³/mol. The topological polar surface area (TPSA) is 66.9 Å².